The van der Waals surface area contributed by atoms with Crippen molar-refractivity contribution in [3.05, 3.63) is 43.4 Å². The maximum absolute atomic E-state index is 10.8. The number of ether oxygens (including phenoxy) is 1. The van der Waals surface area contributed by atoms with Gasteiger partial charge in [-0.25, -0.2) is 0 Å². The van der Waals surface area contributed by atoms with Crippen LogP contribution in [-0.4, -0.2) is 15.1 Å². The van der Waals surface area contributed by atoms with E-state index in [1.165, 1.54) is 17.4 Å². The summed E-state index contributed by atoms with van der Waals surface area (Å²) in [5.74, 6) is 0.214. The molecule has 0 aliphatic heterocycles. The summed E-state index contributed by atoms with van der Waals surface area (Å²) < 4.78 is 5.70. The molecule has 0 aliphatic carbocycles. The van der Waals surface area contributed by atoms with E-state index < -0.39 is 4.92 Å². The molecule has 0 aliphatic rings. The fraction of sp³-hybridized carbons (Fsp3) is 0.200. The predicted molar refractivity (Wildman–Crippen MR) is 67.1 cm³/mol. The number of aromatic nitrogens is 2. The van der Waals surface area contributed by atoms with Gasteiger partial charge in [0.1, 0.15) is 6.61 Å². The van der Waals surface area contributed by atoms with E-state index in [1.807, 2.05) is 6.92 Å². The van der Waals surface area contributed by atoms with Gasteiger partial charge in [-0.05, 0) is 30.2 Å². The van der Waals surface area contributed by atoms with Crippen molar-refractivity contribution < 1.29 is 9.66 Å². The number of nitro groups is 1. The van der Waals surface area contributed by atoms with E-state index in [1.54, 1.807) is 12.1 Å². The third kappa shape index (κ3) is 2.93. The molecular weight excluding hydrogens is 278 g/mol. The van der Waals surface area contributed by atoms with E-state index in [-0.39, 0.29) is 18.0 Å². The average molecular weight is 286 g/mol. The van der Waals surface area contributed by atoms with E-state index in [4.69, 9.17) is 16.3 Å². The van der Waals surface area contributed by atoms with Gasteiger partial charge in [0.25, 0.3) is 0 Å². The molecule has 6 nitrogen and oxygen atoms in total. The summed E-state index contributed by atoms with van der Waals surface area (Å²) in [5, 5.41) is 18.8. The lowest BCUT2D eigenvalue weighted by molar-refractivity contribution is -0.386. The van der Waals surface area contributed by atoms with Crippen LogP contribution in [0.2, 0.25) is 4.47 Å². The fourth-order valence-electron chi connectivity index (χ4n) is 1.32. The average Bonchev–Trinajstić information content (AvgIpc) is 2.72. The Balaban J connectivity index is 2.17. The largest absolute Gasteiger partial charge is 0.479 e. The van der Waals surface area contributed by atoms with Crippen molar-refractivity contribution in [2.24, 2.45) is 0 Å². The van der Waals surface area contributed by atoms with Crippen LogP contribution in [0.25, 0.3) is 0 Å². The van der Waals surface area contributed by atoms with Crippen molar-refractivity contribution in [1.29, 1.82) is 0 Å². The van der Waals surface area contributed by atoms with Gasteiger partial charge in [-0.1, -0.05) is 17.4 Å². The van der Waals surface area contributed by atoms with Crippen LogP contribution < -0.4 is 4.74 Å². The monoisotopic (exact) mass is 285 g/mol. The Bertz CT molecular complexity index is 587. The second-order valence-corrected chi connectivity index (χ2v) is 5.11. The Hall–Kier alpha value is -1.73. The third-order valence-corrected chi connectivity index (χ3v) is 3.10. The van der Waals surface area contributed by atoms with Gasteiger partial charge in [-0.15, -0.1) is 10.2 Å². The zero-order valence-electron chi connectivity index (χ0n) is 9.29. The van der Waals surface area contributed by atoms with E-state index in [9.17, 15) is 10.1 Å². The van der Waals surface area contributed by atoms with Crippen molar-refractivity contribution in [2.45, 2.75) is 13.5 Å². The molecule has 8 heteroatoms. The SMILES string of the molecule is Cc1ccc([N+](=O)[O-])c(OCc2nnc(Cl)s2)c1. The fourth-order valence-corrected chi connectivity index (χ4v) is 2.10. The van der Waals surface area contributed by atoms with E-state index in [0.29, 0.717) is 9.47 Å². The highest BCUT2D eigenvalue weighted by Gasteiger charge is 2.15. The van der Waals surface area contributed by atoms with Gasteiger partial charge < -0.3 is 4.74 Å². The normalized spacial score (nSPS) is 10.3. The molecule has 0 saturated heterocycles. The van der Waals surface area contributed by atoms with E-state index >= 15 is 0 Å². The van der Waals surface area contributed by atoms with Crippen LogP contribution in [0.3, 0.4) is 0 Å². The van der Waals surface area contributed by atoms with Gasteiger partial charge in [0.05, 0.1) is 4.92 Å². The van der Waals surface area contributed by atoms with Gasteiger partial charge in [-0.2, -0.15) is 0 Å². The summed E-state index contributed by atoms with van der Waals surface area (Å²) in [5.41, 5.74) is 0.808. The van der Waals surface area contributed by atoms with E-state index in [0.717, 1.165) is 5.56 Å². The lowest BCUT2D eigenvalue weighted by atomic mass is 10.2. The number of benzene rings is 1. The number of nitrogens with zero attached hydrogens (tertiary/aromatic N) is 3. The highest BCUT2D eigenvalue weighted by molar-refractivity contribution is 7.15. The summed E-state index contributed by atoms with van der Waals surface area (Å²) in [6.07, 6.45) is 0. The first-order valence-electron chi connectivity index (χ1n) is 4.92. The molecule has 1 aromatic heterocycles. The number of aryl methyl sites for hydroxylation is 1. The van der Waals surface area contributed by atoms with Crippen molar-refractivity contribution in [3.8, 4) is 5.75 Å². The standard InChI is InChI=1S/C10H8ClN3O3S/c1-6-2-3-7(14(15)16)8(4-6)17-5-9-12-13-10(11)18-9/h2-4H,5H2,1H3. The molecule has 0 amide bonds. The maximum Gasteiger partial charge on any atom is 0.310 e. The first-order chi connectivity index (χ1) is 8.56. The van der Waals surface area contributed by atoms with E-state index in [2.05, 4.69) is 10.2 Å². The minimum absolute atomic E-state index is 0.0730. The highest BCUT2D eigenvalue weighted by Crippen LogP contribution is 2.29. The van der Waals surface area contributed by atoms with Gasteiger partial charge in [0.15, 0.2) is 10.8 Å². The predicted octanol–water partition coefficient (Wildman–Crippen LogP) is 2.99. The molecule has 18 heavy (non-hydrogen) atoms. The Morgan fingerprint density at radius 1 is 1.50 bits per heavy atom. The maximum atomic E-state index is 10.8. The first kappa shape index (κ1) is 12.7. The first-order valence-corrected chi connectivity index (χ1v) is 6.11. The van der Waals surface area contributed by atoms with Crippen LogP contribution in [0.1, 0.15) is 10.6 Å². The van der Waals surface area contributed by atoms with Crippen LogP contribution in [0.15, 0.2) is 18.2 Å². The zero-order valence-corrected chi connectivity index (χ0v) is 10.9. The van der Waals surface area contributed by atoms with Gasteiger partial charge in [0.2, 0.25) is 4.47 Å². The topological polar surface area (TPSA) is 78.2 Å². The molecule has 0 unspecified atom stereocenters. The Morgan fingerprint density at radius 2 is 2.28 bits per heavy atom. The highest BCUT2D eigenvalue weighted by atomic mass is 35.5. The van der Waals surface area contributed by atoms with Crippen molar-refractivity contribution in [3.63, 3.8) is 0 Å². The molecule has 0 radical (unpaired) electrons. The van der Waals surface area contributed by atoms with Crippen LogP contribution in [0.4, 0.5) is 5.69 Å². The van der Waals surface area contributed by atoms with Crippen LogP contribution in [0.5, 0.6) is 5.75 Å². The Kier molecular flexibility index (Phi) is 3.73. The molecule has 94 valence electrons. The molecule has 1 heterocycles. The van der Waals surface area contributed by atoms with Gasteiger partial charge in [0, 0.05) is 6.07 Å². The molecule has 1 aromatic carbocycles. The molecule has 0 spiro atoms. The minimum atomic E-state index is -0.484. The molecule has 0 N–H and O–H groups in total. The van der Waals surface area contributed by atoms with Crippen LogP contribution in [0, 0.1) is 17.0 Å². The smallest absolute Gasteiger partial charge is 0.310 e. The van der Waals surface area contributed by atoms with Gasteiger partial charge >= 0.3 is 5.69 Å². The van der Waals surface area contributed by atoms with Crippen LogP contribution >= 0.6 is 22.9 Å². The summed E-state index contributed by atoms with van der Waals surface area (Å²) in [6, 6.07) is 4.69. The molecule has 2 rings (SSSR count). The molecule has 0 atom stereocenters. The van der Waals surface area contributed by atoms with Crippen LogP contribution in [-0.2, 0) is 6.61 Å². The second-order valence-electron chi connectivity index (χ2n) is 3.47. The minimum Gasteiger partial charge on any atom is -0.479 e. The molecule has 0 bridgehead atoms. The lowest BCUT2D eigenvalue weighted by Crippen LogP contribution is -1.99. The summed E-state index contributed by atoms with van der Waals surface area (Å²) in [6.45, 7) is 1.94. The van der Waals surface area contributed by atoms with Gasteiger partial charge in [-0.3, -0.25) is 10.1 Å². The summed E-state index contributed by atoms with van der Waals surface area (Å²) >= 11 is 6.80. The lowest BCUT2D eigenvalue weighted by Gasteiger charge is -2.05. The Morgan fingerprint density at radius 3 is 2.89 bits per heavy atom. The Labute approximate surface area is 111 Å². The quantitative estimate of drug-likeness (QED) is 0.637. The zero-order chi connectivity index (χ0) is 13.1. The number of hydrogen-bond donors (Lipinski definition) is 0. The second kappa shape index (κ2) is 5.28. The molecule has 0 saturated carbocycles. The summed E-state index contributed by atoms with van der Waals surface area (Å²) in [7, 11) is 0. The van der Waals surface area contributed by atoms with Crippen molar-refractivity contribution in [1.82, 2.24) is 10.2 Å². The summed E-state index contributed by atoms with van der Waals surface area (Å²) in [4.78, 5) is 10.3. The number of hydrogen-bond acceptors (Lipinski definition) is 6. The molecular formula is C10H8ClN3O3S. The number of nitro benzene ring substituents is 1. The van der Waals surface area contributed by atoms with Crippen molar-refractivity contribution >= 4 is 28.6 Å². The molecule has 0 fully saturated rings. The number of halogens is 1. The molecule has 2 aromatic rings. The third-order valence-electron chi connectivity index (χ3n) is 2.11. The number of rotatable bonds is 4. The van der Waals surface area contributed by atoms with Crippen molar-refractivity contribution in [2.75, 3.05) is 0 Å².